The molecule has 2 rings (SSSR count). The Hall–Kier alpha value is -0.404. The first kappa shape index (κ1) is 10.6. The molecule has 0 atom stereocenters. The van der Waals surface area contributed by atoms with E-state index in [2.05, 4.69) is 42.5 Å². The Bertz CT molecular complexity index is 279. The van der Waals surface area contributed by atoms with Crippen LogP contribution in [0.4, 0.5) is 0 Å². The molecular formula is C10H10Mg. The summed E-state index contributed by atoms with van der Waals surface area (Å²) in [5.74, 6) is 0. The third-order valence-corrected chi connectivity index (χ3v) is 1.55. The number of fused-ring (bicyclic) bond motifs is 1. The molecule has 2 aromatic rings. The Morgan fingerprint density at radius 1 is 1.00 bits per heavy atom. The summed E-state index contributed by atoms with van der Waals surface area (Å²) in [6, 6.07) is 14.7. The van der Waals surface area contributed by atoms with Gasteiger partial charge in [0, 0.05) is 0 Å². The second-order valence-corrected chi connectivity index (χ2v) is 2.15. The molecule has 0 aliphatic rings. The SMILES string of the molecule is [CH3-].[Mg+2].c1ccc2[cH-]ccc2c1. The second kappa shape index (κ2) is 4.47. The van der Waals surface area contributed by atoms with Gasteiger partial charge in [-0.2, -0.15) is 17.5 Å². The Morgan fingerprint density at radius 2 is 1.73 bits per heavy atom. The van der Waals surface area contributed by atoms with Crippen LogP contribution in [-0.4, -0.2) is 23.1 Å². The summed E-state index contributed by atoms with van der Waals surface area (Å²) < 4.78 is 0. The van der Waals surface area contributed by atoms with E-state index in [1.54, 1.807) is 0 Å². The molecular weight excluding hydrogens is 144 g/mol. The van der Waals surface area contributed by atoms with Crippen molar-refractivity contribution in [1.29, 1.82) is 0 Å². The predicted molar refractivity (Wildman–Crippen MR) is 51.7 cm³/mol. The summed E-state index contributed by atoms with van der Waals surface area (Å²) in [5, 5.41) is 2.66. The van der Waals surface area contributed by atoms with Gasteiger partial charge in [-0.05, 0) is 0 Å². The van der Waals surface area contributed by atoms with E-state index in [1.807, 2.05) is 0 Å². The molecule has 2 aromatic carbocycles. The van der Waals surface area contributed by atoms with Crippen molar-refractivity contribution in [1.82, 2.24) is 0 Å². The number of benzene rings is 1. The predicted octanol–water partition coefficient (Wildman–Crippen LogP) is 2.63. The molecule has 0 fully saturated rings. The third kappa shape index (κ3) is 2.01. The van der Waals surface area contributed by atoms with E-state index in [0.717, 1.165) is 0 Å². The third-order valence-electron chi connectivity index (χ3n) is 1.55. The summed E-state index contributed by atoms with van der Waals surface area (Å²) >= 11 is 0. The minimum Gasteiger partial charge on any atom is -0.358 e. The minimum absolute atomic E-state index is 0. The first-order valence-electron chi connectivity index (χ1n) is 3.07. The zero-order chi connectivity index (χ0) is 6.10. The van der Waals surface area contributed by atoms with Crippen molar-refractivity contribution in [3.05, 3.63) is 49.9 Å². The molecule has 0 aromatic heterocycles. The fourth-order valence-electron chi connectivity index (χ4n) is 1.07. The Labute approximate surface area is 83.7 Å². The van der Waals surface area contributed by atoms with Crippen LogP contribution in [0.15, 0.2) is 42.5 Å². The molecule has 0 nitrogen and oxygen atoms in total. The van der Waals surface area contributed by atoms with Crippen molar-refractivity contribution in [3.63, 3.8) is 0 Å². The van der Waals surface area contributed by atoms with Crippen LogP contribution in [0.1, 0.15) is 0 Å². The van der Waals surface area contributed by atoms with Crippen LogP contribution in [0.2, 0.25) is 0 Å². The average molecular weight is 154 g/mol. The minimum atomic E-state index is 0. The topological polar surface area (TPSA) is 0 Å². The summed E-state index contributed by atoms with van der Waals surface area (Å²) in [6.07, 6.45) is 0. The maximum atomic E-state index is 2.12. The van der Waals surface area contributed by atoms with Crippen molar-refractivity contribution in [2.75, 3.05) is 0 Å². The van der Waals surface area contributed by atoms with E-state index in [1.165, 1.54) is 10.8 Å². The fourth-order valence-corrected chi connectivity index (χ4v) is 1.07. The Morgan fingerprint density at radius 3 is 2.45 bits per heavy atom. The zero-order valence-corrected chi connectivity index (χ0v) is 8.16. The smallest absolute Gasteiger partial charge is 0.358 e. The van der Waals surface area contributed by atoms with Crippen molar-refractivity contribution in [2.45, 2.75) is 0 Å². The molecule has 0 amide bonds. The zero-order valence-electron chi connectivity index (χ0n) is 6.75. The molecule has 0 saturated carbocycles. The molecule has 11 heavy (non-hydrogen) atoms. The van der Waals surface area contributed by atoms with Crippen LogP contribution in [0.25, 0.3) is 10.8 Å². The molecule has 52 valence electrons. The van der Waals surface area contributed by atoms with Gasteiger partial charge in [0.1, 0.15) is 0 Å². The monoisotopic (exact) mass is 154 g/mol. The van der Waals surface area contributed by atoms with Gasteiger partial charge >= 0.3 is 23.1 Å². The summed E-state index contributed by atoms with van der Waals surface area (Å²) in [4.78, 5) is 0. The van der Waals surface area contributed by atoms with Gasteiger partial charge in [0.2, 0.25) is 0 Å². The number of rotatable bonds is 0. The summed E-state index contributed by atoms with van der Waals surface area (Å²) in [5.41, 5.74) is 0. The Kier molecular flexibility index (Phi) is 4.31. The van der Waals surface area contributed by atoms with Crippen molar-refractivity contribution < 1.29 is 0 Å². The van der Waals surface area contributed by atoms with Crippen LogP contribution in [0.3, 0.4) is 0 Å². The van der Waals surface area contributed by atoms with Gasteiger partial charge in [-0.3, -0.25) is 0 Å². The van der Waals surface area contributed by atoms with Gasteiger partial charge in [-0.1, -0.05) is 6.07 Å². The van der Waals surface area contributed by atoms with Gasteiger partial charge in [-0.15, -0.1) is 29.7 Å². The van der Waals surface area contributed by atoms with Gasteiger partial charge in [0.15, 0.2) is 0 Å². The van der Waals surface area contributed by atoms with E-state index in [9.17, 15) is 0 Å². The van der Waals surface area contributed by atoms with Crippen LogP contribution >= 0.6 is 0 Å². The summed E-state index contributed by atoms with van der Waals surface area (Å²) in [6.45, 7) is 0. The average Bonchev–Trinajstić information content (AvgIpc) is 2.33. The maximum Gasteiger partial charge on any atom is 2.00 e. The fraction of sp³-hybridized carbons (Fsp3) is 0. The molecule has 0 heterocycles. The van der Waals surface area contributed by atoms with E-state index >= 15 is 0 Å². The molecule has 0 unspecified atom stereocenters. The first-order chi connectivity index (χ1) is 4.47. The molecule has 0 aliphatic heterocycles. The molecule has 0 aliphatic carbocycles. The van der Waals surface area contributed by atoms with Gasteiger partial charge in [0.25, 0.3) is 0 Å². The van der Waals surface area contributed by atoms with Crippen LogP contribution in [0.5, 0.6) is 0 Å². The second-order valence-electron chi connectivity index (χ2n) is 2.15. The van der Waals surface area contributed by atoms with E-state index in [4.69, 9.17) is 0 Å². The number of hydrogen-bond donors (Lipinski definition) is 0. The van der Waals surface area contributed by atoms with Crippen molar-refractivity contribution >= 4 is 33.8 Å². The Balaban J connectivity index is 0.000000500. The van der Waals surface area contributed by atoms with Crippen LogP contribution in [-0.2, 0) is 0 Å². The quantitative estimate of drug-likeness (QED) is 0.404. The van der Waals surface area contributed by atoms with E-state index in [0.29, 0.717) is 0 Å². The molecule has 0 spiro atoms. The van der Waals surface area contributed by atoms with Crippen molar-refractivity contribution in [2.24, 2.45) is 0 Å². The molecule has 0 saturated heterocycles. The largest absolute Gasteiger partial charge is 2.00 e. The van der Waals surface area contributed by atoms with Gasteiger partial charge in [0.05, 0.1) is 0 Å². The first-order valence-corrected chi connectivity index (χ1v) is 3.07. The van der Waals surface area contributed by atoms with E-state index < -0.39 is 0 Å². The normalized spacial score (nSPS) is 8.36. The molecule has 0 N–H and O–H groups in total. The molecule has 1 heteroatoms. The van der Waals surface area contributed by atoms with Crippen molar-refractivity contribution in [3.8, 4) is 0 Å². The molecule has 0 bridgehead atoms. The van der Waals surface area contributed by atoms with Crippen LogP contribution < -0.4 is 0 Å². The number of hydrogen-bond acceptors (Lipinski definition) is 0. The van der Waals surface area contributed by atoms with Gasteiger partial charge < -0.3 is 7.43 Å². The standard InChI is InChI=1S/C9H7.CH3.Mg/c1-2-5-9-7-3-6-8(9)4-1;;/h1-7H;1H3;/q2*-1;+2. The van der Waals surface area contributed by atoms with Crippen LogP contribution in [0, 0.1) is 7.43 Å². The van der Waals surface area contributed by atoms with Gasteiger partial charge in [-0.25, -0.2) is 0 Å². The van der Waals surface area contributed by atoms with E-state index in [-0.39, 0.29) is 30.5 Å². The molecule has 0 radical (unpaired) electrons. The summed E-state index contributed by atoms with van der Waals surface area (Å²) in [7, 11) is 0. The maximum absolute atomic E-state index is 2.12.